The molecule has 0 fully saturated rings. The lowest BCUT2D eigenvalue weighted by Gasteiger charge is -2.16. The van der Waals surface area contributed by atoms with Gasteiger partial charge in [-0.2, -0.15) is 0 Å². The Balaban J connectivity index is 2.25. The third kappa shape index (κ3) is 5.15. The van der Waals surface area contributed by atoms with Gasteiger partial charge in [0.15, 0.2) is 23.0 Å². The number of aryl methyl sites for hydroxylation is 1. The standard InChI is InChI=1S/C21H26O5/c1-3-5-9-15-13-14-18(23)20(16(15)10-6-4-2)26-21(24)25-19-12-8-7-11-17(19)22/h7-8,11-14,22-23H,3-6,9-10H2,1-2H3. The molecular formula is C21H26O5. The van der Waals surface area contributed by atoms with Crippen molar-refractivity contribution in [1.82, 2.24) is 0 Å². The summed E-state index contributed by atoms with van der Waals surface area (Å²) in [6, 6.07) is 9.57. The molecule has 0 bridgehead atoms. The average molecular weight is 358 g/mol. The van der Waals surface area contributed by atoms with Crippen LogP contribution < -0.4 is 9.47 Å². The molecule has 0 unspecified atom stereocenters. The molecule has 2 rings (SSSR count). The molecule has 0 aliphatic rings. The van der Waals surface area contributed by atoms with Gasteiger partial charge in [-0.25, -0.2) is 4.79 Å². The monoisotopic (exact) mass is 358 g/mol. The predicted octanol–water partition coefficient (Wildman–Crippen LogP) is 5.36. The number of carbonyl (C=O) groups excluding carboxylic acids is 1. The number of rotatable bonds is 8. The molecular weight excluding hydrogens is 332 g/mol. The van der Waals surface area contributed by atoms with Gasteiger partial charge >= 0.3 is 6.16 Å². The third-order valence-electron chi connectivity index (χ3n) is 4.16. The van der Waals surface area contributed by atoms with Crippen molar-refractivity contribution >= 4 is 6.16 Å². The van der Waals surface area contributed by atoms with Crippen LogP contribution in [-0.2, 0) is 12.8 Å². The maximum atomic E-state index is 12.2. The molecule has 2 aromatic rings. The Morgan fingerprint density at radius 1 is 0.885 bits per heavy atom. The maximum absolute atomic E-state index is 12.2. The van der Waals surface area contributed by atoms with E-state index in [0.29, 0.717) is 6.42 Å². The van der Waals surface area contributed by atoms with Crippen molar-refractivity contribution in [2.45, 2.75) is 52.4 Å². The first-order chi connectivity index (χ1) is 12.6. The van der Waals surface area contributed by atoms with Crippen molar-refractivity contribution in [2.24, 2.45) is 0 Å². The first-order valence-electron chi connectivity index (χ1n) is 9.08. The Hall–Kier alpha value is -2.69. The quantitative estimate of drug-likeness (QED) is 0.491. The summed E-state index contributed by atoms with van der Waals surface area (Å²) in [7, 11) is 0. The highest BCUT2D eigenvalue weighted by atomic mass is 16.7. The summed E-state index contributed by atoms with van der Waals surface area (Å²) < 4.78 is 10.4. The van der Waals surface area contributed by atoms with Gasteiger partial charge in [-0.15, -0.1) is 0 Å². The maximum Gasteiger partial charge on any atom is 0.519 e. The molecule has 0 aromatic heterocycles. The van der Waals surface area contributed by atoms with E-state index in [4.69, 9.17) is 9.47 Å². The molecule has 0 saturated heterocycles. The second-order valence-corrected chi connectivity index (χ2v) is 6.18. The number of benzene rings is 2. The topological polar surface area (TPSA) is 76.0 Å². The minimum atomic E-state index is -0.993. The summed E-state index contributed by atoms with van der Waals surface area (Å²) in [5, 5.41) is 19.9. The summed E-state index contributed by atoms with van der Waals surface area (Å²) in [4.78, 5) is 12.2. The van der Waals surface area contributed by atoms with Crippen LogP contribution in [0.25, 0.3) is 0 Å². The van der Waals surface area contributed by atoms with Crippen LogP contribution in [0.3, 0.4) is 0 Å². The summed E-state index contributed by atoms with van der Waals surface area (Å²) in [5.41, 5.74) is 1.91. The number of aromatic hydroxyl groups is 2. The van der Waals surface area contributed by atoms with Crippen molar-refractivity contribution in [3.63, 3.8) is 0 Å². The summed E-state index contributed by atoms with van der Waals surface area (Å²) >= 11 is 0. The molecule has 0 amide bonds. The molecule has 2 aromatic carbocycles. The normalized spacial score (nSPS) is 10.5. The Bertz CT molecular complexity index is 739. The molecule has 0 aliphatic carbocycles. The van der Waals surface area contributed by atoms with Crippen molar-refractivity contribution in [2.75, 3.05) is 0 Å². The van der Waals surface area contributed by atoms with E-state index in [0.717, 1.165) is 43.2 Å². The lowest BCUT2D eigenvalue weighted by Crippen LogP contribution is -2.15. The largest absolute Gasteiger partial charge is 0.519 e. The SMILES string of the molecule is CCCCc1ccc(O)c(OC(=O)Oc2ccccc2O)c1CCCC. The fraction of sp³-hybridized carbons (Fsp3) is 0.381. The summed E-state index contributed by atoms with van der Waals surface area (Å²) in [5.74, 6) is -0.0936. The van der Waals surface area contributed by atoms with Crippen LogP contribution in [-0.4, -0.2) is 16.4 Å². The third-order valence-corrected chi connectivity index (χ3v) is 4.16. The molecule has 5 nitrogen and oxygen atoms in total. The molecule has 0 radical (unpaired) electrons. The van der Waals surface area contributed by atoms with Gasteiger partial charge in [0.05, 0.1) is 0 Å². The minimum absolute atomic E-state index is 0.00855. The summed E-state index contributed by atoms with van der Waals surface area (Å²) in [6.45, 7) is 4.20. The van der Waals surface area contributed by atoms with E-state index in [2.05, 4.69) is 13.8 Å². The first kappa shape index (κ1) is 19.6. The number of ether oxygens (including phenoxy) is 2. The van der Waals surface area contributed by atoms with E-state index in [1.165, 1.54) is 12.1 Å². The minimum Gasteiger partial charge on any atom is -0.504 e. The highest BCUT2D eigenvalue weighted by molar-refractivity contribution is 5.70. The van der Waals surface area contributed by atoms with Crippen molar-refractivity contribution in [3.8, 4) is 23.0 Å². The fourth-order valence-electron chi connectivity index (χ4n) is 2.74. The van der Waals surface area contributed by atoms with Gasteiger partial charge in [0, 0.05) is 5.56 Å². The lowest BCUT2D eigenvalue weighted by molar-refractivity contribution is 0.148. The lowest BCUT2D eigenvalue weighted by atomic mass is 9.96. The van der Waals surface area contributed by atoms with E-state index in [1.807, 2.05) is 6.07 Å². The highest BCUT2D eigenvalue weighted by Gasteiger charge is 2.19. The smallest absolute Gasteiger partial charge is 0.504 e. The molecule has 0 atom stereocenters. The second kappa shape index (κ2) is 9.70. The Morgan fingerprint density at radius 3 is 2.27 bits per heavy atom. The number of hydrogen-bond acceptors (Lipinski definition) is 5. The predicted molar refractivity (Wildman–Crippen MR) is 100 cm³/mol. The van der Waals surface area contributed by atoms with Gasteiger partial charge in [-0.3, -0.25) is 0 Å². The number of hydrogen-bond donors (Lipinski definition) is 2. The Kier molecular flexibility index (Phi) is 7.33. The van der Waals surface area contributed by atoms with Gasteiger partial charge in [0.1, 0.15) is 0 Å². The number of phenolic OH excluding ortho intramolecular Hbond substituents is 2. The van der Waals surface area contributed by atoms with Gasteiger partial charge in [0.2, 0.25) is 0 Å². The second-order valence-electron chi connectivity index (χ2n) is 6.18. The van der Waals surface area contributed by atoms with Gasteiger partial charge in [-0.1, -0.05) is 44.9 Å². The molecule has 0 spiro atoms. The van der Waals surface area contributed by atoms with Crippen LogP contribution in [0.15, 0.2) is 36.4 Å². The zero-order valence-corrected chi connectivity index (χ0v) is 15.3. The Morgan fingerprint density at radius 2 is 1.58 bits per heavy atom. The zero-order chi connectivity index (χ0) is 18.9. The van der Waals surface area contributed by atoms with Crippen molar-refractivity contribution in [1.29, 1.82) is 0 Å². The molecule has 0 aliphatic heterocycles. The number of phenols is 2. The fourth-order valence-corrected chi connectivity index (χ4v) is 2.74. The van der Waals surface area contributed by atoms with E-state index in [1.54, 1.807) is 18.2 Å². The number of carbonyl (C=O) groups is 1. The van der Waals surface area contributed by atoms with Crippen LogP contribution >= 0.6 is 0 Å². The van der Waals surface area contributed by atoms with E-state index < -0.39 is 6.16 Å². The molecule has 5 heteroatoms. The van der Waals surface area contributed by atoms with Crippen LogP contribution in [0, 0.1) is 0 Å². The molecule has 140 valence electrons. The van der Waals surface area contributed by atoms with E-state index >= 15 is 0 Å². The Labute approximate surface area is 154 Å². The van der Waals surface area contributed by atoms with Crippen molar-refractivity contribution < 1.29 is 24.5 Å². The average Bonchev–Trinajstić information content (AvgIpc) is 2.63. The van der Waals surface area contributed by atoms with Gasteiger partial charge in [-0.05, 0) is 49.4 Å². The van der Waals surface area contributed by atoms with E-state index in [-0.39, 0.29) is 23.0 Å². The number of unbranched alkanes of at least 4 members (excludes halogenated alkanes) is 2. The number of para-hydroxylation sites is 2. The molecule has 26 heavy (non-hydrogen) atoms. The molecule has 0 saturated carbocycles. The van der Waals surface area contributed by atoms with Crippen molar-refractivity contribution in [3.05, 3.63) is 47.5 Å². The zero-order valence-electron chi connectivity index (χ0n) is 15.3. The van der Waals surface area contributed by atoms with Crippen LogP contribution in [0.1, 0.15) is 50.7 Å². The van der Waals surface area contributed by atoms with Gasteiger partial charge < -0.3 is 19.7 Å². The highest BCUT2D eigenvalue weighted by Crippen LogP contribution is 2.35. The first-order valence-corrected chi connectivity index (χ1v) is 9.08. The summed E-state index contributed by atoms with van der Waals surface area (Å²) in [6.07, 6.45) is 4.57. The van der Waals surface area contributed by atoms with E-state index in [9.17, 15) is 15.0 Å². The van der Waals surface area contributed by atoms with Gasteiger partial charge in [0.25, 0.3) is 0 Å². The molecule has 2 N–H and O–H groups in total. The molecule has 0 heterocycles. The van der Waals surface area contributed by atoms with Crippen LogP contribution in [0.5, 0.6) is 23.0 Å². The van der Waals surface area contributed by atoms with Crippen LogP contribution in [0.2, 0.25) is 0 Å². The van der Waals surface area contributed by atoms with Crippen LogP contribution in [0.4, 0.5) is 4.79 Å².